The highest BCUT2D eigenvalue weighted by Crippen LogP contribution is 2.26. The average molecular weight is 395 g/mol. The lowest BCUT2D eigenvalue weighted by Crippen LogP contribution is -2.44. The summed E-state index contributed by atoms with van der Waals surface area (Å²) in [5, 5.41) is 8.23. The molecule has 0 bridgehead atoms. The molecule has 1 fully saturated rings. The van der Waals surface area contributed by atoms with Crippen LogP contribution < -0.4 is 0 Å². The Labute approximate surface area is 169 Å². The van der Waals surface area contributed by atoms with Crippen molar-refractivity contribution >= 4 is 5.91 Å². The number of hydrogen-bond donors (Lipinski definition) is 0. The van der Waals surface area contributed by atoms with Crippen molar-refractivity contribution in [3.63, 3.8) is 0 Å². The van der Waals surface area contributed by atoms with E-state index < -0.39 is 0 Å². The maximum absolute atomic E-state index is 13.0. The van der Waals surface area contributed by atoms with Crippen molar-refractivity contribution in [2.75, 3.05) is 19.8 Å². The fraction of sp³-hybridized carbons (Fsp3) is 0.429. The van der Waals surface area contributed by atoms with Crippen LogP contribution in [0.5, 0.6) is 0 Å². The molecule has 8 nitrogen and oxygen atoms in total. The first-order valence-corrected chi connectivity index (χ1v) is 9.77. The fourth-order valence-corrected chi connectivity index (χ4v) is 3.65. The third-order valence-corrected chi connectivity index (χ3v) is 5.25. The first-order valence-electron chi connectivity index (χ1n) is 9.77. The van der Waals surface area contributed by atoms with Crippen molar-refractivity contribution in [2.45, 2.75) is 32.7 Å². The van der Waals surface area contributed by atoms with Crippen molar-refractivity contribution < 1.29 is 14.1 Å². The summed E-state index contributed by atoms with van der Waals surface area (Å²) in [6, 6.07) is 6.00. The number of ether oxygens (including phenoxy) is 1. The van der Waals surface area contributed by atoms with E-state index in [0.717, 1.165) is 5.56 Å². The quantitative estimate of drug-likeness (QED) is 0.660. The van der Waals surface area contributed by atoms with Crippen LogP contribution in [-0.2, 0) is 23.0 Å². The highest BCUT2D eigenvalue weighted by Gasteiger charge is 2.32. The Hall–Kier alpha value is -3.00. The summed E-state index contributed by atoms with van der Waals surface area (Å²) in [4.78, 5) is 19.3. The summed E-state index contributed by atoms with van der Waals surface area (Å²) in [5.41, 5.74) is 4.39. The summed E-state index contributed by atoms with van der Waals surface area (Å²) in [7, 11) is 1.83. The minimum Gasteiger partial charge on any atom is -0.377 e. The number of aromatic nitrogens is 4. The Morgan fingerprint density at radius 3 is 2.93 bits per heavy atom. The van der Waals surface area contributed by atoms with E-state index in [-0.39, 0.29) is 11.9 Å². The molecular weight excluding hydrogens is 370 g/mol. The van der Waals surface area contributed by atoms with Gasteiger partial charge in [0.15, 0.2) is 5.82 Å². The van der Waals surface area contributed by atoms with E-state index in [2.05, 4.69) is 47.3 Å². The van der Waals surface area contributed by atoms with Gasteiger partial charge in [-0.2, -0.15) is 10.1 Å². The number of rotatable bonds is 5. The summed E-state index contributed by atoms with van der Waals surface area (Å²) >= 11 is 0. The molecule has 0 saturated carbocycles. The molecule has 1 atom stereocenters. The van der Waals surface area contributed by atoms with Crippen LogP contribution in [0.15, 0.2) is 35.1 Å². The van der Waals surface area contributed by atoms with E-state index in [1.807, 2.05) is 18.1 Å². The summed E-state index contributed by atoms with van der Waals surface area (Å²) in [5.74, 6) is 0.927. The zero-order valence-corrected chi connectivity index (χ0v) is 17.0. The second-order valence-electron chi connectivity index (χ2n) is 7.47. The highest BCUT2D eigenvalue weighted by molar-refractivity contribution is 5.77. The second-order valence-corrected chi connectivity index (χ2v) is 7.47. The van der Waals surface area contributed by atoms with Crippen LogP contribution in [0.1, 0.15) is 35.0 Å². The number of nitrogens with zero attached hydrogens (tertiary/aromatic N) is 5. The number of aryl methyl sites for hydroxylation is 4. The molecule has 1 saturated heterocycles. The Morgan fingerprint density at radius 1 is 1.31 bits per heavy atom. The molecule has 29 heavy (non-hydrogen) atoms. The van der Waals surface area contributed by atoms with Gasteiger partial charge < -0.3 is 14.2 Å². The molecule has 152 valence electrons. The number of carbonyl (C=O) groups excluding carboxylic acids is 1. The first-order chi connectivity index (χ1) is 14.0. The Balaban J connectivity index is 1.47. The molecule has 0 N–H and O–H groups in total. The average Bonchev–Trinajstić information content (AvgIpc) is 3.36. The third kappa shape index (κ3) is 4.22. The van der Waals surface area contributed by atoms with E-state index in [0.29, 0.717) is 44.3 Å². The lowest BCUT2D eigenvalue weighted by molar-refractivity contribution is -0.140. The van der Waals surface area contributed by atoms with Gasteiger partial charge in [-0.1, -0.05) is 28.9 Å². The lowest BCUT2D eigenvalue weighted by atomic mass is 10.0. The van der Waals surface area contributed by atoms with Crippen LogP contribution in [0.2, 0.25) is 0 Å². The third-order valence-electron chi connectivity index (χ3n) is 5.25. The molecule has 8 heteroatoms. The van der Waals surface area contributed by atoms with Crippen LogP contribution >= 0.6 is 0 Å². The molecule has 1 aliphatic heterocycles. The largest absolute Gasteiger partial charge is 0.377 e. The normalized spacial score (nSPS) is 16.9. The molecule has 2 aromatic heterocycles. The molecule has 1 aliphatic rings. The standard InChI is InChI=1S/C21H25N5O3/c1-14-4-5-16(15(2)10-14)6-7-19(27)26-8-9-28-13-18(26)20-23-21(29-24-20)17-11-22-25(3)12-17/h4-5,10-12,18H,6-9,13H2,1-3H3/t18-/m1/s1. The van der Waals surface area contributed by atoms with Crippen molar-refractivity contribution in [2.24, 2.45) is 7.05 Å². The van der Waals surface area contributed by atoms with Crippen molar-refractivity contribution in [3.8, 4) is 11.5 Å². The smallest absolute Gasteiger partial charge is 0.261 e. The minimum absolute atomic E-state index is 0.0750. The molecule has 1 aromatic carbocycles. The van der Waals surface area contributed by atoms with Crippen LogP contribution in [0.3, 0.4) is 0 Å². The summed E-state index contributed by atoms with van der Waals surface area (Å²) < 4.78 is 12.7. The van der Waals surface area contributed by atoms with Crippen LogP contribution in [0.25, 0.3) is 11.5 Å². The number of carbonyl (C=O) groups is 1. The van der Waals surface area contributed by atoms with Gasteiger partial charge in [-0.15, -0.1) is 0 Å². The predicted octanol–water partition coefficient (Wildman–Crippen LogP) is 2.62. The van der Waals surface area contributed by atoms with Crippen LogP contribution in [0, 0.1) is 13.8 Å². The Morgan fingerprint density at radius 2 is 2.17 bits per heavy atom. The molecular formula is C21H25N5O3. The number of benzene rings is 1. The van der Waals surface area contributed by atoms with Gasteiger partial charge in [-0.05, 0) is 31.4 Å². The van der Waals surface area contributed by atoms with Gasteiger partial charge >= 0.3 is 0 Å². The Kier molecular flexibility index (Phi) is 5.44. The zero-order valence-electron chi connectivity index (χ0n) is 17.0. The molecule has 0 aliphatic carbocycles. The van der Waals surface area contributed by atoms with Crippen LogP contribution in [-0.4, -0.2) is 50.5 Å². The lowest BCUT2D eigenvalue weighted by Gasteiger charge is -2.33. The van der Waals surface area contributed by atoms with Gasteiger partial charge in [0, 0.05) is 26.2 Å². The van der Waals surface area contributed by atoms with E-state index in [9.17, 15) is 4.79 Å². The first kappa shape index (κ1) is 19.3. The van der Waals surface area contributed by atoms with Crippen molar-refractivity contribution in [3.05, 3.63) is 53.1 Å². The summed E-state index contributed by atoms with van der Waals surface area (Å²) in [6.45, 7) is 5.56. The summed E-state index contributed by atoms with van der Waals surface area (Å²) in [6.07, 6.45) is 4.62. The van der Waals surface area contributed by atoms with Crippen molar-refractivity contribution in [1.29, 1.82) is 0 Å². The maximum atomic E-state index is 13.0. The molecule has 3 aromatic rings. The molecule has 4 rings (SSSR count). The number of hydrogen-bond acceptors (Lipinski definition) is 6. The maximum Gasteiger partial charge on any atom is 0.261 e. The fourth-order valence-electron chi connectivity index (χ4n) is 3.65. The van der Waals surface area contributed by atoms with Gasteiger partial charge in [0.1, 0.15) is 6.04 Å². The van der Waals surface area contributed by atoms with Gasteiger partial charge in [-0.3, -0.25) is 9.48 Å². The predicted molar refractivity (Wildman–Crippen MR) is 106 cm³/mol. The van der Waals surface area contributed by atoms with Gasteiger partial charge in [0.25, 0.3) is 5.89 Å². The zero-order chi connectivity index (χ0) is 20.4. The van der Waals surface area contributed by atoms with E-state index in [4.69, 9.17) is 9.26 Å². The Bertz CT molecular complexity index is 1010. The molecule has 0 spiro atoms. The topological polar surface area (TPSA) is 86.3 Å². The molecule has 0 radical (unpaired) electrons. The van der Waals surface area contributed by atoms with Gasteiger partial charge in [0.05, 0.1) is 25.0 Å². The monoisotopic (exact) mass is 395 g/mol. The minimum atomic E-state index is -0.343. The molecule has 1 amide bonds. The van der Waals surface area contributed by atoms with E-state index in [1.165, 1.54) is 16.7 Å². The number of amides is 1. The van der Waals surface area contributed by atoms with Gasteiger partial charge in [-0.25, -0.2) is 0 Å². The molecule has 3 heterocycles. The second kappa shape index (κ2) is 8.16. The molecule has 0 unspecified atom stereocenters. The van der Waals surface area contributed by atoms with Gasteiger partial charge in [0.2, 0.25) is 5.91 Å². The van der Waals surface area contributed by atoms with Crippen LogP contribution in [0.4, 0.5) is 0 Å². The van der Waals surface area contributed by atoms with E-state index in [1.54, 1.807) is 10.9 Å². The van der Waals surface area contributed by atoms with E-state index >= 15 is 0 Å². The van der Waals surface area contributed by atoms with Crippen molar-refractivity contribution in [1.82, 2.24) is 24.8 Å². The highest BCUT2D eigenvalue weighted by atomic mass is 16.5. The number of morpholine rings is 1. The SMILES string of the molecule is Cc1ccc(CCC(=O)N2CCOC[C@@H]2c2noc(-c3cnn(C)c3)n2)c(C)c1.